The molecule has 1 amide bonds. The Kier molecular flexibility index (Phi) is 4.95. The maximum atomic E-state index is 11.7. The number of esters is 1. The van der Waals surface area contributed by atoms with E-state index in [9.17, 15) is 9.59 Å². The molecule has 1 fully saturated rings. The predicted molar refractivity (Wildman–Crippen MR) is 66.2 cm³/mol. The van der Waals surface area contributed by atoms with Crippen molar-refractivity contribution in [2.75, 3.05) is 20.2 Å². The van der Waals surface area contributed by atoms with Crippen molar-refractivity contribution in [1.82, 2.24) is 10.6 Å². The second-order valence-corrected chi connectivity index (χ2v) is 5.38. The Hall–Kier alpha value is -1.30. The summed E-state index contributed by atoms with van der Waals surface area (Å²) in [7, 11) is 1.35. The van der Waals surface area contributed by atoms with Gasteiger partial charge in [-0.25, -0.2) is 4.79 Å². The zero-order valence-electron chi connectivity index (χ0n) is 11.4. The molecular formula is C12H22N2O4. The van der Waals surface area contributed by atoms with Crippen LogP contribution in [0, 0.1) is 5.92 Å². The van der Waals surface area contributed by atoms with Crippen LogP contribution in [0.15, 0.2) is 0 Å². The van der Waals surface area contributed by atoms with Crippen LogP contribution in [0.3, 0.4) is 0 Å². The molecule has 1 saturated heterocycles. The lowest BCUT2D eigenvalue weighted by Gasteiger charge is -2.31. The van der Waals surface area contributed by atoms with Gasteiger partial charge in [-0.05, 0) is 33.7 Å². The van der Waals surface area contributed by atoms with Crippen molar-refractivity contribution < 1.29 is 19.1 Å². The highest BCUT2D eigenvalue weighted by atomic mass is 16.6. The zero-order chi connectivity index (χ0) is 13.8. The van der Waals surface area contributed by atoms with Crippen molar-refractivity contribution in [2.45, 2.75) is 38.8 Å². The van der Waals surface area contributed by atoms with Crippen LogP contribution in [-0.4, -0.2) is 43.9 Å². The van der Waals surface area contributed by atoms with Gasteiger partial charge in [-0.3, -0.25) is 4.79 Å². The van der Waals surface area contributed by atoms with Crippen LogP contribution in [-0.2, 0) is 14.3 Å². The minimum Gasteiger partial charge on any atom is -0.469 e. The number of carbonyl (C=O) groups is 2. The van der Waals surface area contributed by atoms with E-state index in [1.807, 2.05) is 0 Å². The summed E-state index contributed by atoms with van der Waals surface area (Å²) in [5, 5.41) is 5.85. The molecule has 0 aromatic rings. The van der Waals surface area contributed by atoms with Crippen molar-refractivity contribution in [2.24, 2.45) is 5.92 Å². The van der Waals surface area contributed by atoms with E-state index >= 15 is 0 Å². The second-order valence-electron chi connectivity index (χ2n) is 5.38. The molecule has 0 aliphatic carbocycles. The lowest BCUT2D eigenvalue weighted by molar-refractivity contribution is -0.146. The number of piperidine rings is 1. The lowest BCUT2D eigenvalue weighted by atomic mass is 9.93. The molecule has 0 aromatic heterocycles. The summed E-state index contributed by atoms with van der Waals surface area (Å²) in [5.74, 6) is -0.681. The zero-order valence-corrected chi connectivity index (χ0v) is 11.4. The number of carbonyl (C=O) groups excluding carboxylic acids is 2. The van der Waals surface area contributed by atoms with E-state index < -0.39 is 11.7 Å². The minimum atomic E-state index is -0.544. The molecule has 0 unspecified atom stereocenters. The summed E-state index contributed by atoms with van der Waals surface area (Å²) in [6.07, 6.45) is 0.183. The number of hydrogen-bond acceptors (Lipinski definition) is 5. The first-order valence-corrected chi connectivity index (χ1v) is 6.11. The molecule has 104 valence electrons. The lowest BCUT2D eigenvalue weighted by Crippen LogP contribution is -2.53. The van der Waals surface area contributed by atoms with E-state index in [0.717, 1.165) is 6.54 Å². The minimum absolute atomic E-state index is 0.242. The second kappa shape index (κ2) is 6.04. The Balaban J connectivity index is 2.57. The number of amides is 1. The monoisotopic (exact) mass is 258 g/mol. The smallest absolute Gasteiger partial charge is 0.407 e. The average molecular weight is 258 g/mol. The van der Waals surface area contributed by atoms with Gasteiger partial charge in [0.2, 0.25) is 0 Å². The molecule has 6 nitrogen and oxygen atoms in total. The standard InChI is InChI=1S/C12H22N2O4/c1-12(2,3)18-11(16)14-9-5-6-13-7-8(9)10(15)17-4/h8-9,13H,5-7H2,1-4H3,(H,14,16)/t8-,9+/m1/s1. The van der Waals surface area contributed by atoms with Crippen LogP contribution in [0.5, 0.6) is 0 Å². The normalized spacial score (nSPS) is 24.2. The van der Waals surface area contributed by atoms with E-state index in [1.165, 1.54) is 7.11 Å². The molecule has 0 radical (unpaired) electrons. The summed E-state index contributed by atoms with van der Waals surface area (Å²) < 4.78 is 9.91. The Morgan fingerprint density at radius 1 is 1.33 bits per heavy atom. The van der Waals surface area contributed by atoms with E-state index in [0.29, 0.717) is 13.0 Å². The van der Waals surface area contributed by atoms with Gasteiger partial charge in [-0.1, -0.05) is 0 Å². The molecule has 1 aliphatic rings. The highest BCUT2D eigenvalue weighted by Crippen LogP contribution is 2.14. The number of methoxy groups -OCH3 is 1. The largest absolute Gasteiger partial charge is 0.469 e. The molecule has 6 heteroatoms. The van der Waals surface area contributed by atoms with Crippen LogP contribution in [0.2, 0.25) is 0 Å². The van der Waals surface area contributed by atoms with Gasteiger partial charge in [-0.2, -0.15) is 0 Å². The van der Waals surface area contributed by atoms with Crippen molar-refractivity contribution >= 4 is 12.1 Å². The third-order valence-corrected chi connectivity index (χ3v) is 2.69. The first-order valence-electron chi connectivity index (χ1n) is 6.11. The van der Waals surface area contributed by atoms with Gasteiger partial charge in [0.05, 0.1) is 13.0 Å². The fourth-order valence-electron chi connectivity index (χ4n) is 1.89. The predicted octanol–water partition coefficient (Wildman–Crippen LogP) is 0.662. The van der Waals surface area contributed by atoms with Gasteiger partial charge >= 0.3 is 12.1 Å². The molecule has 2 N–H and O–H groups in total. The summed E-state index contributed by atoms with van der Waals surface area (Å²) >= 11 is 0. The fraction of sp³-hybridized carbons (Fsp3) is 0.833. The van der Waals surface area contributed by atoms with Crippen molar-refractivity contribution in [1.29, 1.82) is 0 Å². The van der Waals surface area contributed by atoms with Crippen LogP contribution in [0.1, 0.15) is 27.2 Å². The van der Waals surface area contributed by atoms with E-state index in [-0.39, 0.29) is 17.9 Å². The Labute approximate surface area is 107 Å². The fourth-order valence-corrected chi connectivity index (χ4v) is 1.89. The Morgan fingerprint density at radius 3 is 2.56 bits per heavy atom. The molecule has 0 spiro atoms. The third-order valence-electron chi connectivity index (χ3n) is 2.69. The summed E-state index contributed by atoms with van der Waals surface area (Å²) in [6, 6.07) is -0.242. The summed E-state index contributed by atoms with van der Waals surface area (Å²) in [4.78, 5) is 23.3. The van der Waals surface area contributed by atoms with Gasteiger partial charge in [0.15, 0.2) is 0 Å². The van der Waals surface area contributed by atoms with Gasteiger partial charge in [0.1, 0.15) is 5.60 Å². The number of hydrogen-bond donors (Lipinski definition) is 2. The van der Waals surface area contributed by atoms with Crippen LogP contribution < -0.4 is 10.6 Å². The van der Waals surface area contributed by atoms with Gasteiger partial charge < -0.3 is 20.1 Å². The molecule has 18 heavy (non-hydrogen) atoms. The number of rotatable bonds is 2. The Morgan fingerprint density at radius 2 is 2.00 bits per heavy atom. The van der Waals surface area contributed by atoms with E-state index in [1.54, 1.807) is 20.8 Å². The third kappa shape index (κ3) is 4.52. The number of ether oxygens (including phenoxy) is 2. The highest BCUT2D eigenvalue weighted by molar-refractivity contribution is 5.75. The van der Waals surface area contributed by atoms with Gasteiger partial charge in [0.25, 0.3) is 0 Å². The molecule has 0 bridgehead atoms. The van der Waals surface area contributed by atoms with E-state index in [4.69, 9.17) is 9.47 Å². The molecule has 0 saturated carbocycles. The molecule has 2 atom stereocenters. The maximum Gasteiger partial charge on any atom is 0.407 e. The maximum absolute atomic E-state index is 11.7. The first kappa shape index (κ1) is 14.8. The average Bonchev–Trinajstić information content (AvgIpc) is 2.26. The van der Waals surface area contributed by atoms with Crippen LogP contribution in [0.25, 0.3) is 0 Å². The summed E-state index contributed by atoms with van der Waals surface area (Å²) in [6.45, 7) is 6.66. The van der Waals surface area contributed by atoms with E-state index in [2.05, 4.69) is 10.6 Å². The SMILES string of the molecule is COC(=O)[C@@H]1CNCC[C@@H]1NC(=O)OC(C)(C)C. The molecule has 1 heterocycles. The van der Waals surface area contributed by atoms with Crippen molar-refractivity contribution in [3.05, 3.63) is 0 Å². The van der Waals surface area contributed by atoms with Gasteiger partial charge in [-0.15, -0.1) is 0 Å². The van der Waals surface area contributed by atoms with Crippen LogP contribution in [0.4, 0.5) is 4.79 Å². The quantitative estimate of drug-likeness (QED) is 0.712. The Bertz CT molecular complexity index is 312. The summed E-state index contributed by atoms with van der Waals surface area (Å²) in [5.41, 5.74) is -0.544. The molecular weight excluding hydrogens is 236 g/mol. The molecule has 0 aromatic carbocycles. The topological polar surface area (TPSA) is 76.7 Å². The van der Waals surface area contributed by atoms with Gasteiger partial charge in [0, 0.05) is 12.6 Å². The number of nitrogens with one attached hydrogen (secondary N) is 2. The van der Waals surface area contributed by atoms with Crippen LogP contribution >= 0.6 is 0 Å². The highest BCUT2D eigenvalue weighted by Gasteiger charge is 2.33. The first-order chi connectivity index (χ1) is 8.33. The molecule has 1 aliphatic heterocycles. The van der Waals surface area contributed by atoms with Crippen molar-refractivity contribution in [3.63, 3.8) is 0 Å². The van der Waals surface area contributed by atoms with Crippen molar-refractivity contribution in [3.8, 4) is 0 Å². The number of alkyl carbamates (subject to hydrolysis) is 1. The molecule has 1 rings (SSSR count).